The highest BCUT2D eigenvalue weighted by Gasteiger charge is 2.01. The van der Waals surface area contributed by atoms with Crippen LogP contribution in [0.2, 0.25) is 0 Å². The minimum Gasteiger partial charge on any atom is -0.302 e. The molecular formula is C18H30O2S. The normalized spacial score (nSPS) is 12.5. The molecule has 0 fully saturated rings. The summed E-state index contributed by atoms with van der Waals surface area (Å²) in [5.41, 5.74) is 1.18. The molecule has 3 heteroatoms. The van der Waals surface area contributed by atoms with Gasteiger partial charge in [-0.3, -0.25) is 0 Å². The van der Waals surface area contributed by atoms with Crippen LogP contribution in [-0.2, 0) is 17.5 Å². The fraction of sp³-hybridized carbons (Fsp3) is 0.667. The van der Waals surface area contributed by atoms with Crippen molar-refractivity contribution in [3.63, 3.8) is 0 Å². The van der Waals surface area contributed by atoms with Crippen molar-refractivity contribution >= 4 is 11.1 Å². The Morgan fingerprint density at radius 1 is 0.905 bits per heavy atom. The number of rotatable bonds is 12. The number of benzene rings is 1. The lowest BCUT2D eigenvalue weighted by Crippen LogP contribution is -1.92. The molecule has 0 radical (unpaired) electrons. The molecule has 0 saturated heterocycles. The number of unbranched alkanes of at least 4 members (excludes halogenated alkanes) is 9. The predicted molar refractivity (Wildman–Crippen MR) is 91.0 cm³/mol. The zero-order chi connectivity index (χ0) is 15.3. The van der Waals surface area contributed by atoms with Crippen LogP contribution < -0.4 is 0 Å². The van der Waals surface area contributed by atoms with E-state index in [9.17, 15) is 4.21 Å². The third-order valence-electron chi connectivity index (χ3n) is 3.92. The topological polar surface area (TPSA) is 37.3 Å². The minimum atomic E-state index is -1.85. The molecule has 1 aromatic rings. The van der Waals surface area contributed by atoms with E-state index in [4.69, 9.17) is 4.55 Å². The second kappa shape index (κ2) is 11.9. The summed E-state index contributed by atoms with van der Waals surface area (Å²) in [4.78, 5) is 0.513. The van der Waals surface area contributed by atoms with Gasteiger partial charge in [-0.15, -0.1) is 0 Å². The molecule has 120 valence electrons. The third kappa shape index (κ3) is 9.05. The van der Waals surface area contributed by atoms with Crippen molar-refractivity contribution in [2.45, 2.75) is 82.4 Å². The quantitative estimate of drug-likeness (QED) is 0.395. The van der Waals surface area contributed by atoms with E-state index in [1.54, 1.807) is 6.07 Å². The molecule has 1 N–H and O–H groups in total. The second-order valence-electron chi connectivity index (χ2n) is 5.83. The van der Waals surface area contributed by atoms with Crippen molar-refractivity contribution in [2.24, 2.45) is 0 Å². The van der Waals surface area contributed by atoms with E-state index in [0.717, 1.165) is 6.42 Å². The summed E-state index contributed by atoms with van der Waals surface area (Å²) >= 11 is -1.85. The summed E-state index contributed by atoms with van der Waals surface area (Å²) in [5, 5.41) is 0. The van der Waals surface area contributed by atoms with Gasteiger partial charge in [0.1, 0.15) is 0 Å². The van der Waals surface area contributed by atoms with Gasteiger partial charge in [-0.05, 0) is 30.5 Å². The Bertz CT molecular complexity index is 404. The van der Waals surface area contributed by atoms with E-state index in [2.05, 4.69) is 6.92 Å². The fourth-order valence-corrected chi connectivity index (χ4v) is 3.07. The summed E-state index contributed by atoms with van der Waals surface area (Å²) < 4.78 is 20.1. The molecule has 0 aliphatic carbocycles. The maximum atomic E-state index is 11.0. The Morgan fingerprint density at radius 2 is 1.48 bits per heavy atom. The maximum Gasteiger partial charge on any atom is 0.186 e. The second-order valence-corrected chi connectivity index (χ2v) is 6.80. The summed E-state index contributed by atoms with van der Waals surface area (Å²) in [7, 11) is 0. The molecule has 0 saturated carbocycles. The molecule has 0 aromatic heterocycles. The van der Waals surface area contributed by atoms with Gasteiger partial charge in [-0.2, -0.15) is 0 Å². The number of aryl methyl sites for hydroxylation is 1. The van der Waals surface area contributed by atoms with Gasteiger partial charge >= 0.3 is 0 Å². The molecule has 0 spiro atoms. The van der Waals surface area contributed by atoms with E-state index < -0.39 is 11.1 Å². The smallest absolute Gasteiger partial charge is 0.186 e. The molecule has 21 heavy (non-hydrogen) atoms. The van der Waals surface area contributed by atoms with Crippen molar-refractivity contribution in [2.75, 3.05) is 0 Å². The van der Waals surface area contributed by atoms with Crippen LogP contribution in [0.1, 0.15) is 76.7 Å². The lowest BCUT2D eigenvalue weighted by Gasteiger charge is -2.04. The summed E-state index contributed by atoms with van der Waals surface area (Å²) in [6.45, 7) is 2.26. The molecule has 1 atom stereocenters. The van der Waals surface area contributed by atoms with Crippen LogP contribution in [0, 0.1) is 0 Å². The Morgan fingerprint density at radius 3 is 2.05 bits per heavy atom. The van der Waals surface area contributed by atoms with E-state index >= 15 is 0 Å². The highest BCUT2D eigenvalue weighted by atomic mass is 32.2. The van der Waals surface area contributed by atoms with Gasteiger partial charge in [0.05, 0.1) is 4.90 Å². The molecule has 2 nitrogen and oxygen atoms in total. The summed E-state index contributed by atoms with van der Waals surface area (Å²) in [5.74, 6) is 0. The van der Waals surface area contributed by atoms with Gasteiger partial charge in [0, 0.05) is 0 Å². The van der Waals surface area contributed by atoms with E-state index in [-0.39, 0.29) is 0 Å². The van der Waals surface area contributed by atoms with Crippen molar-refractivity contribution in [1.82, 2.24) is 0 Å². The van der Waals surface area contributed by atoms with Gasteiger partial charge < -0.3 is 4.55 Å². The summed E-state index contributed by atoms with van der Waals surface area (Å²) in [6, 6.07) is 7.47. The van der Waals surface area contributed by atoms with Crippen LogP contribution in [0.3, 0.4) is 0 Å². The lowest BCUT2D eigenvalue weighted by atomic mass is 10.0. The van der Waals surface area contributed by atoms with Crippen molar-refractivity contribution < 1.29 is 8.76 Å². The molecule has 0 aliphatic heterocycles. The van der Waals surface area contributed by atoms with Gasteiger partial charge in [0.25, 0.3) is 0 Å². The van der Waals surface area contributed by atoms with Crippen LogP contribution in [0.15, 0.2) is 29.2 Å². The third-order valence-corrected chi connectivity index (χ3v) is 4.58. The standard InChI is InChI=1S/C18H30O2S/c1-2-3-4-5-6-7-8-9-10-11-13-17-14-12-15-18(16-17)21(19)20/h12,14-16H,2-11,13H2,1H3,(H,19,20). The molecule has 0 heterocycles. The molecule has 0 amide bonds. The zero-order valence-electron chi connectivity index (χ0n) is 13.4. The first-order valence-corrected chi connectivity index (χ1v) is 9.54. The number of hydrogen-bond donors (Lipinski definition) is 1. The van der Waals surface area contributed by atoms with Crippen LogP contribution >= 0.6 is 0 Å². The number of hydrogen-bond acceptors (Lipinski definition) is 1. The van der Waals surface area contributed by atoms with E-state index in [1.807, 2.05) is 18.2 Å². The Balaban J connectivity index is 2.01. The molecule has 0 aliphatic rings. The predicted octanol–water partition coefficient (Wildman–Crippen LogP) is 5.73. The van der Waals surface area contributed by atoms with Crippen molar-refractivity contribution in [3.8, 4) is 0 Å². The van der Waals surface area contributed by atoms with Gasteiger partial charge in [0.2, 0.25) is 0 Å². The van der Waals surface area contributed by atoms with Gasteiger partial charge in [-0.25, -0.2) is 4.21 Å². The average Bonchev–Trinajstić information content (AvgIpc) is 2.49. The van der Waals surface area contributed by atoms with Crippen LogP contribution in [0.25, 0.3) is 0 Å². The molecular weight excluding hydrogens is 280 g/mol. The van der Waals surface area contributed by atoms with Gasteiger partial charge in [-0.1, -0.05) is 76.8 Å². The van der Waals surface area contributed by atoms with Crippen LogP contribution in [0.4, 0.5) is 0 Å². The van der Waals surface area contributed by atoms with Gasteiger partial charge in [0.15, 0.2) is 11.1 Å². The minimum absolute atomic E-state index is 0.513. The van der Waals surface area contributed by atoms with Crippen LogP contribution in [-0.4, -0.2) is 8.76 Å². The van der Waals surface area contributed by atoms with Crippen molar-refractivity contribution in [3.05, 3.63) is 29.8 Å². The first-order chi connectivity index (χ1) is 10.2. The zero-order valence-corrected chi connectivity index (χ0v) is 14.2. The maximum absolute atomic E-state index is 11.0. The molecule has 1 aromatic carbocycles. The molecule has 0 bridgehead atoms. The van der Waals surface area contributed by atoms with E-state index in [1.165, 1.54) is 69.8 Å². The summed E-state index contributed by atoms with van der Waals surface area (Å²) in [6.07, 6.45) is 14.4. The first-order valence-electron chi connectivity index (χ1n) is 8.44. The molecule has 1 unspecified atom stereocenters. The highest BCUT2D eigenvalue weighted by Crippen LogP contribution is 2.14. The molecule has 1 rings (SSSR count). The largest absolute Gasteiger partial charge is 0.302 e. The average molecular weight is 311 g/mol. The fourth-order valence-electron chi connectivity index (χ4n) is 2.63. The highest BCUT2D eigenvalue weighted by molar-refractivity contribution is 7.79. The first kappa shape index (κ1) is 18.4. The Kier molecular flexibility index (Phi) is 10.4. The Hall–Kier alpha value is -0.670. The van der Waals surface area contributed by atoms with Crippen molar-refractivity contribution in [1.29, 1.82) is 0 Å². The van der Waals surface area contributed by atoms with Crippen LogP contribution in [0.5, 0.6) is 0 Å². The monoisotopic (exact) mass is 310 g/mol. The SMILES string of the molecule is CCCCCCCCCCCCc1cccc(S(=O)O)c1. The van der Waals surface area contributed by atoms with E-state index in [0.29, 0.717) is 4.90 Å². The Labute approximate surface area is 132 Å². The lowest BCUT2D eigenvalue weighted by molar-refractivity contribution is 0.556.